The third kappa shape index (κ3) is 5.41. The molecule has 3 rings (SSSR count). The van der Waals surface area contributed by atoms with Gasteiger partial charge in [-0.25, -0.2) is 0 Å². The summed E-state index contributed by atoms with van der Waals surface area (Å²) in [6, 6.07) is 8.50. The van der Waals surface area contributed by atoms with Gasteiger partial charge < -0.3 is 24.1 Å². The largest absolute Gasteiger partial charge is 0.485 e. The first-order valence-electron chi connectivity index (χ1n) is 10.2. The van der Waals surface area contributed by atoms with Crippen molar-refractivity contribution >= 4 is 0 Å². The van der Waals surface area contributed by atoms with Gasteiger partial charge in [-0.2, -0.15) is 5.26 Å². The number of benzene rings is 1. The molecule has 0 bridgehead atoms. The number of hydrogen-bond acceptors (Lipinski definition) is 10. The Morgan fingerprint density at radius 3 is 2.65 bits per heavy atom. The van der Waals surface area contributed by atoms with Gasteiger partial charge in [0.2, 0.25) is 0 Å². The van der Waals surface area contributed by atoms with Gasteiger partial charge in [-0.15, -0.1) is 20.2 Å². The Kier molecular flexibility index (Phi) is 7.02. The predicted octanol–water partition coefficient (Wildman–Crippen LogP) is 1.56. The second-order valence-electron chi connectivity index (χ2n) is 8.24. The van der Waals surface area contributed by atoms with E-state index in [1.165, 1.54) is 29.0 Å². The summed E-state index contributed by atoms with van der Waals surface area (Å²) in [7, 11) is 0. The molecule has 0 spiro atoms. The van der Waals surface area contributed by atoms with Crippen LogP contribution in [0.15, 0.2) is 41.3 Å². The van der Waals surface area contributed by atoms with Gasteiger partial charge in [0, 0.05) is 24.2 Å². The molecule has 0 saturated carbocycles. The van der Waals surface area contributed by atoms with Gasteiger partial charge >= 0.3 is 0 Å². The van der Waals surface area contributed by atoms with Crippen molar-refractivity contribution in [2.45, 2.75) is 50.5 Å². The van der Waals surface area contributed by atoms with Crippen LogP contribution < -0.4 is 10.3 Å². The summed E-state index contributed by atoms with van der Waals surface area (Å²) >= 11 is 0. The molecule has 34 heavy (non-hydrogen) atoms. The summed E-state index contributed by atoms with van der Waals surface area (Å²) in [5, 5.41) is 39.6. The van der Waals surface area contributed by atoms with E-state index in [1.54, 1.807) is 26.0 Å². The van der Waals surface area contributed by atoms with Gasteiger partial charge in [0.05, 0.1) is 24.3 Å². The lowest BCUT2D eigenvalue weighted by Gasteiger charge is -2.42. The van der Waals surface area contributed by atoms with E-state index in [0.29, 0.717) is 22.4 Å². The van der Waals surface area contributed by atoms with Crippen LogP contribution in [0.5, 0.6) is 5.75 Å². The molecule has 1 aliphatic heterocycles. The van der Waals surface area contributed by atoms with Crippen LogP contribution in [0.1, 0.15) is 43.0 Å². The highest BCUT2D eigenvalue weighted by molar-refractivity contribution is 5.46. The smallest absolute Gasteiger partial charge is 0.294 e. The van der Waals surface area contributed by atoms with Crippen molar-refractivity contribution in [2.24, 2.45) is 0 Å². The molecule has 0 saturated heterocycles. The van der Waals surface area contributed by atoms with Gasteiger partial charge in [0.25, 0.3) is 15.7 Å². The topological polar surface area (TPSA) is 180 Å². The Bertz CT molecular complexity index is 1190. The van der Waals surface area contributed by atoms with Crippen LogP contribution in [0.2, 0.25) is 0 Å². The lowest BCUT2D eigenvalue weighted by Crippen LogP contribution is -2.52. The second-order valence-corrected chi connectivity index (χ2v) is 8.24. The molecule has 1 aliphatic rings. The van der Waals surface area contributed by atoms with Gasteiger partial charge in [-0.3, -0.25) is 4.79 Å². The molecule has 0 amide bonds. The molecule has 1 unspecified atom stereocenters. The minimum Gasteiger partial charge on any atom is -0.485 e. The van der Waals surface area contributed by atoms with E-state index >= 15 is 0 Å². The summed E-state index contributed by atoms with van der Waals surface area (Å²) in [5.74, 6) is 0.406. The molecule has 1 aromatic carbocycles. The predicted molar refractivity (Wildman–Crippen MR) is 114 cm³/mol. The van der Waals surface area contributed by atoms with E-state index in [2.05, 4.69) is 9.68 Å². The third-order valence-corrected chi connectivity index (χ3v) is 5.48. The zero-order valence-electron chi connectivity index (χ0n) is 18.3. The zero-order chi connectivity index (χ0) is 25.0. The number of pyridine rings is 1. The summed E-state index contributed by atoms with van der Waals surface area (Å²) < 4.78 is 7.16. The van der Waals surface area contributed by atoms with Crippen molar-refractivity contribution in [2.75, 3.05) is 6.61 Å². The van der Waals surface area contributed by atoms with E-state index in [1.807, 2.05) is 6.07 Å². The normalized spacial score (nSPS) is 19.1. The molecule has 0 fully saturated rings. The number of hydrogen-bond donors (Lipinski definition) is 1. The Balaban J connectivity index is 1.99. The van der Waals surface area contributed by atoms with E-state index in [9.17, 15) is 35.4 Å². The number of ether oxygens (including phenoxy) is 1. The molecule has 2 aromatic rings. The van der Waals surface area contributed by atoms with Crippen LogP contribution in [0, 0.1) is 31.6 Å². The van der Waals surface area contributed by atoms with Gasteiger partial charge in [0.1, 0.15) is 23.6 Å². The van der Waals surface area contributed by atoms with Crippen molar-refractivity contribution in [1.82, 2.24) is 4.57 Å². The highest BCUT2D eigenvalue weighted by Crippen LogP contribution is 2.41. The minimum atomic E-state index is -1.18. The van der Waals surface area contributed by atoms with Gasteiger partial charge in [0.15, 0.2) is 0 Å². The van der Waals surface area contributed by atoms with Crippen LogP contribution >= 0.6 is 0 Å². The molecular weight excluding hydrogens is 452 g/mol. The SMILES string of the molecule is CC1(C)Oc2ccc(C#N)cc2[C@@H](n2cc(CC(CCO[N+](=O)[O-])O[N+](=O)[O-])ccc2=O)[C@@H]1O. The monoisotopic (exact) mass is 474 g/mol. The van der Waals surface area contributed by atoms with Crippen LogP contribution in [-0.4, -0.2) is 44.3 Å². The number of aliphatic hydroxyl groups excluding tert-OH is 1. The van der Waals surface area contributed by atoms with Crippen molar-refractivity contribution < 1.29 is 29.7 Å². The zero-order valence-corrected chi connectivity index (χ0v) is 18.3. The van der Waals surface area contributed by atoms with E-state index < -0.39 is 46.2 Å². The Morgan fingerprint density at radius 1 is 1.26 bits per heavy atom. The second kappa shape index (κ2) is 9.75. The fourth-order valence-electron chi connectivity index (χ4n) is 3.86. The molecule has 13 heteroatoms. The Morgan fingerprint density at radius 2 is 2.00 bits per heavy atom. The molecule has 1 N–H and O–H groups in total. The number of aliphatic hydroxyl groups is 1. The van der Waals surface area contributed by atoms with Crippen LogP contribution in [0.4, 0.5) is 0 Å². The number of aromatic nitrogens is 1. The van der Waals surface area contributed by atoms with Crippen LogP contribution in [0.25, 0.3) is 0 Å². The molecule has 180 valence electrons. The first kappa shape index (κ1) is 24.5. The Hall–Kier alpha value is -4.18. The van der Waals surface area contributed by atoms with Crippen molar-refractivity contribution in [1.29, 1.82) is 5.26 Å². The summed E-state index contributed by atoms with van der Waals surface area (Å²) in [4.78, 5) is 42.9. The minimum absolute atomic E-state index is 0.0594. The number of nitrogens with zero attached hydrogens (tertiary/aromatic N) is 4. The summed E-state index contributed by atoms with van der Waals surface area (Å²) in [6.07, 6.45) is -1.03. The maximum atomic E-state index is 12.8. The van der Waals surface area contributed by atoms with Crippen molar-refractivity contribution in [3.8, 4) is 11.8 Å². The third-order valence-electron chi connectivity index (χ3n) is 5.48. The molecule has 13 nitrogen and oxygen atoms in total. The molecule has 0 radical (unpaired) electrons. The molecule has 3 atom stereocenters. The standard InChI is InChI=1S/C21H22N4O9/c1-21(2)20(27)19(16-10-13(11-22)3-5-17(16)33-21)23-12-14(4-6-18(23)26)9-15(34-25(30)31)7-8-32-24(28)29/h3-6,10,12,15,19-20,27H,7-9H2,1-2H3/t15?,19-,20+/m1/s1. The maximum Gasteiger partial charge on any atom is 0.294 e. The maximum absolute atomic E-state index is 12.8. The van der Waals surface area contributed by atoms with Gasteiger partial charge in [-0.1, -0.05) is 6.07 Å². The molecule has 1 aromatic heterocycles. The summed E-state index contributed by atoms with van der Waals surface area (Å²) in [6.45, 7) is 2.91. The first-order chi connectivity index (χ1) is 16.0. The number of nitriles is 1. The number of fused-ring (bicyclic) bond motifs is 1. The first-order valence-corrected chi connectivity index (χ1v) is 10.2. The van der Waals surface area contributed by atoms with Crippen molar-refractivity contribution in [3.05, 3.63) is 83.8 Å². The lowest BCUT2D eigenvalue weighted by atomic mass is 9.85. The lowest BCUT2D eigenvalue weighted by molar-refractivity contribution is -0.773. The molecular formula is C21H22N4O9. The van der Waals surface area contributed by atoms with E-state index in [0.717, 1.165) is 0 Å². The average molecular weight is 474 g/mol. The van der Waals surface area contributed by atoms with Gasteiger partial charge in [-0.05, 0) is 44.0 Å². The number of rotatable bonds is 9. The van der Waals surface area contributed by atoms with Crippen molar-refractivity contribution in [3.63, 3.8) is 0 Å². The van der Waals surface area contributed by atoms with E-state index in [-0.39, 0.29) is 12.8 Å². The molecule has 2 heterocycles. The van der Waals surface area contributed by atoms with Crippen LogP contribution in [0.3, 0.4) is 0 Å². The Labute approximate surface area is 192 Å². The quantitative estimate of drug-likeness (QED) is 0.414. The molecule has 0 aliphatic carbocycles. The van der Waals surface area contributed by atoms with Crippen LogP contribution in [-0.2, 0) is 16.1 Å². The summed E-state index contributed by atoms with van der Waals surface area (Å²) in [5.41, 5.74) is -0.334. The fourth-order valence-corrected chi connectivity index (χ4v) is 3.86. The highest BCUT2D eigenvalue weighted by Gasteiger charge is 2.44. The fraction of sp³-hybridized carbons (Fsp3) is 0.429. The average Bonchev–Trinajstić information content (AvgIpc) is 2.75. The van der Waals surface area contributed by atoms with E-state index in [4.69, 9.17) is 4.74 Å². The highest BCUT2D eigenvalue weighted by atomic mass is 17.0.